The predicted molar refractivity (Wildman–Crippen MR) is 87.3 cm³/mol. The van der Waals surface area contributed by atoms with Gasteiger partial charge in [0.25, 0.3) is 0 Å². The maximum Gasteiger partial charge on any atom is 0.132 e. The molecule has 0 saturated carbocycles. The van der Waals surface area contributed by atoms with Crippen LogP contribution >= 0.6 is 11.6 Å². The number of rotatable bonds is 1. The quantitative estimate of drug-likeness (QED) is 0.792. The van der Waals surface area contributed by atoms with Crippen molar-refractivity contribution in [3.63, 3.8) is 0 Å². The lowest BCUT2D eigenvalue weighted by Gasteiger charge is -2.24. The zero-order valence-corrected chi connectivity index (χ0v) is 13.0. The molecule has 2 aromatic carbocycles. The normalized spacial score (nSPS) is 13.0. The van der Waals surface area contributed by atoms with Crippen LogP contribution < -0.4 is 5.73 Å². The zero-order chi connectivity index (χ0) is 16.6. The van der Waals surface area contributed by atoms with Gasteiger partial charge in [-0.2, -0.15) is 10.5 Å². The van der Waals surface area contributed by atoms with Crippen molar-refractivity contribution in [2.24, 2.45) is 0 Å². The largest absolute Gasteiger partial charge is 0.397 e. The summed E-state index contributed by atoms with van der Waals surface area (Å²) in [6.07, 6.45) is 3.25. The number of hydrogen-bond acceptors (Lipinski definition) is 3. The second kappa shape index (κ2) is 5.91. The summed E-state index contributed by atoms with van der Waals surface area (Å²) in [6.45, 7) is 0. The molecule has 0 bridgehead atoms. The maximum atomic E-state index is 14.4. The number of hydrogen-bond donors (Lipinski definition) is 1. The molecule has 0 atom stereocenters. The summed E-state index contributed by atoms with van der Waals surface area (Å²) < 4.78 is 14.4. The number of halogens is 2. The summed E-state index contributed by atoms with van der Waals surface area (Å²) in [4.78, 5) is 0. The third-order valence-electron chi connectivity index (χ3n) is 4.30. The lowest BCUT2D eigenvalue weighted by atomic mass is 9.80. The fourth-order valence-electron chi connectivity index (χ4n) is 3.29. The van der Waals surface area contributed by atoms with E-state index in [0.29, 0.717) is 24.0 Å². The van der Waals surface area contributed by atoms with Crippen molar-refractivity contribution in [2.45, 2.75) is 25.7 Å². The molecule has 0 saturated heterocycles. The molecule has 2 aromatic rings. The van der Waals surface area contributed by atoms with Gasteiger partial charge in [-0.05, 0) is 48.9 Å². The highest BCUT2D eigenvalue weighted by atomic mass is 35.5. The average molecular weight is 326 g/mol. The Bertz CT molecular complexity index is 871. The van der Waals surface area contributed by atoms with Crippen molar-refractivity contribution >= 4 is 17.3 Å². The third kappa shape index (κ3) is 2.32. The molecule has 1 aliphatic rings. The molecule has 0 spiro atoms. The molecule has 0 fully saturated rings. The van der Waals surface area contributed by atoms with Crippen LogP contribution in [0.1, 0.15) is 35.1 Å². The van der Waals surface area contributed by atoms with Crippen LogP contribution in [0.5, 0.6) is 0 Å². The Labute approximate surface area is 138 Å². The molecule has 114 valence electrons. The van der Waals surface area contributed by atoms with Gasteiger partial charge in [-0.1, -0.05) is 17.7 Å². The van der Waals surface area contributed by atoms with Crippen molar-refractivity contribution in [1.29, 1.82) is 10.5 Å². The molecular weight excluding hydrogens is 313 g/mol. The first kappa shape index (κ1) is 15.3. The number of nitriles is 2. The van der Waals surface area contributed by atoms with Gasteiger partial charge in [-0.15, -0.1) is 0 Å². The van der Waals surface area contributed by atoms with Crippen LogP contribution in [0.4, 0.5) is 10.1 Å². The van der Waals surface area contributed by atoms with E-state index in [1.165, 1.54) is 12.1 Å². The smallest absolute Gasteiger partial charge is 0.132 e. The molecule has 3 nitrogen and oxygen atoms in total. The van der Waals surface area contributed by atoms with Gasteiger partial charge in [0.1, 0.15) is 18.0 Å². The molecule has 0 amide bonds. The highest BCUT2D eigenvalue weighted by molar-refractivity contribution is 6.33. The topological polar surface area (TPSA) is 73.6 Å². The van der Waals surface area contributed by atoms with Crippen molar-refractivity contribution in [1.82, 2.24) is 0 Å². The molecule has 3 rings (SSSR count). The van der Waals surface area contributed by atoms with Gasteiger partial charge >= 0.3 is 0 Å². The Morgan fingerprint density at radius 2 is 1.65 bits per heavy atom. The van der Waals surface area contributed by atoms with Gasteiger partial charge < -0.3 is 5.73 Å². The lowest BCUT2D eigenvalue weighted by Crippen LogP contribution is -2.12. The summed E-state index contributed by atoms with van der Waals surface area (Å²) in [5, 5.41) is 19.2. The Balaban J connectivity index is 2.49. The summed E-state index contributed by atoms with van der Waals surface area (Å²) in [7, 11) is 0. The van der Waals surface area contributed by atoms with Gasteiger partial charge in [-0.25, -0.2) is 4.39 Å². The molecule has 0 aliphatic heterocycles. The van der Waals surface area contributed by atoms with E-state index in [1.807, 2.05) is 6.07 Å². The van der Waals surface area contributed by atoms with E-state index in [1.54, 1.807) is 6.07 Å². The van der Waals surface area contributed by atoms with Crippen LogP contribution in [0.3, 0.4) is 0 Å². The minimum absolute atomic E-state index is 0.116. The van der Waals surface area contributed by atoms with Crippen LogP contribution in [0, 0.1) is 28.5 Å². The average Bonchev–Trinajstić information content (AvgIpc) is 2.55. The van der Waals surface area contributed by atoms with Crippen LogP contribution in [0.25, 0.3) is 11.1 Å². The molecule has 23 heavy (non-hydrogen) atoms. The summed E-state index contributed by atoms with van der Waals surface area (Å²) in [6, 6.07) is 8.56. The monoisotopic (exact) mass is 325 g/mol. The second-order valence-electron chi connectivity index (χ2n) is 5.52. The number of nitrogens with two attached hydrogens (primary N) is 1. The first-order chi connectivity index (χ1) is 11.1. The van der Waals surface area contributed by atoms with Gasteiger partial charge in [0.15, 0.2) is 0 Å². The van der Waals surface area contributed by atoms with Crippen molar-refractivity contribution in [3.05, 3.63) is 51.3 Å². The minimum Gasteiger partial charge on any atom is -0.397 e. The van der Waals surface area contributed by atoms with Crippen LogP contribution in [-0.2, 0) is 12.8 Å². The summed E-state index contributed by atoms with van der Waals surface area (Å²) in [5.41, 5.74) is 8.93. The van der Waals surface area contributed by atoms with Crippen LogP contribution in [0.2, 0.25) is 5.02 Å². The number of anilines is 1. The van der Waals surface area contributed by atoms with E-state index in [-0.39, 0.29) is 21.8 Å². The molecular formula is C18H13ClFN3. The van der Waals surface area contributed by atoms with E-state index in [2.05, 4.69) is 6.07 Å². The zero-order valence-electron chi connectivity index (χ0n) is 12.3. The molecule has 0 radical (unpaired) electrons. The van der Waals surface area contributed by atoms with Crippen molar-refractivity contribution in [2.75, 3.05) is 5.73 Å². The molecule has 5 heteroatoms. The first-order valence-electron chi connectivity index (χ1n) is 7.31. The van der Waals surface area contributed by atoms with E-state index in [4.69, 9.17) is 17.3 Å². The van der Waals surface area contributed by atoms with Crippen LogP contribution in [-0.4, -0.2) is 0 Å². The van der Waals surface area contributed by atoms with E-state index in [0.717, 1.165) is 24.0 Å². The fraction of sp³-hybridized carbons (Fsp3) is 0.222. The SMILES string of the molecule is N#Cc1c(N)c(C#N)c(-c2c(F)cccc2Cl)c2c1CCCC2. The van der Waals surface area contributed by atoms with E-state index in [9.17, 15) is 14.9 Å². The lowest BCUT2D eigenvalue weighted by molar-refractivity contribution is 0.630. The third-order valence-corrected chi connectivity index (χ3v) is 4.61. The number of nitrogen functional groups attached to an aromatic ring is 1. The molecule has 2 N–H and O–H groups in total. The van der Waals surface area contributed by atoms with Gasteiger partial charge in [-0.3, -0.25) is 0 Å². The number of nitrogens with zero attached hydrogens (tertiary/aromatic N) is 2. The molecule has 0 unspecified atom stereocenters. The van der Waals surface area contributed by atoms with Gasteiger partial charge in [0.2, 0.25) is 0 Å². The Morgan fingerprint density at radius 3 is 2.26 bits per heavy atom. The standard InChI is InChI=1S/C18H13ClFN3/c19-14-6-3-7-15(20)17(14)16-11-5-2-1-4-10(11)12(8-21)18(23)13(16)9-22/h3,6-7H,1-2,4-5,23H2. The highest BCUT2D eigenvalue weighted by Gasteiger charge is 2.27. The highest BCUT2D eigenvalue weighted by Crippen LogP contribution is 2.43. The summed E-state index contributed by atoms with van der Waals surface area (Å²) in [5.74, 6) is -0.495. The molecule has 1 aliphatic carbocycles. The Hall–Kier alpha value is -2.56. The minimum atomic E-state index is -0.495. The van der Waals surface area contributed by atoms with Gasteiger partial charge in [0.05, 0.1) is 21.8 Å². The Kier molecular flexibility index (Phi) is 3.94. The van der Waals surface area contributed by atoms with Crippen LogP contribution in [0.15, 0.2) is 18.2 Å². The predicted octanol–water partition coefficient (Wildman–Crippen LogP) is 4.35. The maximum absolute atomic E-state index is 14.4. The summed E-state index contributed by atoms with van der Waals surface area (Å²) >= 11 is 6.21. The van der Waals surface area contributed by atoms with Crippen molar-refractivity contribution in [3.8, 4) is 23.3 Å². The second-order valence-corrected chi connectivity index (χ2v) is 5.93. The number of fused-ring (bicyclic) bond motifs is 1. The first-order valence-corrected chi connectivity index (χ1v) is 7.69. The van der Waals surface area contributed by atoms with Gasteiger partial charge in [0, 0.05) is 11.1 Å². The number of benzene rings is 2. The van der Waals surface area contributed by atoms with Crippen molar-refractivity contribution < 1.29 is 4.39 Å². The fourth-order valence-corrected chi connectivity index (χ4v) is 3.54. The van der Waals surface area contributed by atoms with E-state index < -0.39 is 5.82 Å². The Morgan fingerprint density at radius 1 is 1.00 bits per heavy atom. The molecule has 0 heterocycles. The van der Waals surface area contributed by atoms with E-state index >= 15 is 0 Å². The molecule has 0 aromatic heterocycles.